The molecule has 0 aromatic carbocycles. The molecule has 7 heteroatoms. The molecule has 2 aliphatic rings. The second kappa shape index (κ2) is 4.35. The van der Waals surface area contributed by atoms with E-state index >= 15 is 0 Å². The standard InChI is InChI=1S/C9H10Cl2FNO2S/c10-9(11,12)16-13-7(14)5-3-1-2-4-6(5)8(13)15/h5-6H,1-4H2. The van der Waals surface area contributed by atoms with Crippen LogP contribution in [0.1, 0.15) is 25.7 Å². The van der Waals surface area contributed by atoms with Gasteiger partial charge in [0.2, 0.25) is 11.8 Å². The molecule has 1 aliphatic heterocycles. The number of hydrogen-bond acceptors (Lipinski definition) is 3. The predicted molar refractivity (Wildman–Crippen MR) is 60.4 cm³/mol. The Hall–Kier alpha value is -0.000000000000000111. The predicted octanol–water partition coefficient (Wildman–Crippen LogP) is 2.87. The Kier molecular flexibility index (Phi) is 3.39. The lowest BCUT2D eigenvalue weighted by Gasteiger charge is -2.19. The van der Waals surface area contributed by atoms with Crippen molar-refractivity contribution in [3.63, 3.8) is 0 Å². The Labute approximate surface area is 107 Å². The van der Waals surface area contributed by atoms with E-state index in [-0.39, 0.29) is 35.6 Å². The summed E-state index contributed by atoms with van der Waals surface area (Å²) in [5.41, 5.74) is 0. The number of imide groups is 1. The molecule has 3 nitrogen and oxygen atoms in total. The Morgan fingerprint density at radius 1 is 1.19 bits per heavy atom. The lowest BCUT2D eigenvalue weighted by atomic mass is 9.81. The first-order chi connectivity index (χ1) is 7.40. The maximum Gasteiger partial charge on any atom is 0.324 e. The number of carbonyl (C=O) groups is 2. The van der Waals surface area contributed by atoms with Crippen LogP contribution >= 0.6 is 35.1 Å². The van der Waals surface area contributed by atoms with E-state index in [2.05, 4.69) is 0 Å². The number of fused-ring (bicyclic) bond motifs is 1. The van der Waals surface area contributed by atoms with Crippen LogP contribution in [-0.2, 0) is 9.59 Å². The van der Waals surface area contributed by atoms with Crippen molar-refractivity contribution < 1.29 is 14.0 Å². The van der Waals surface area contributed by atoms with Crippen molar-refractivity contribution in [2.24, 2.45) is 11.8 Å². The third-order valence-corrected chi connectivity index (χ3v) is 4.16. The van der Waals surface area contributed by atoms with E-state index in [4.69, 9.17) is 23.2 Å². The molecule has 0 spiro atoms. The van der Waals surface area contributed by atoms with E-state index < -0.39 is 3.92 Å². The maximum atomic E-state index is 13.0. The minimum atomic E-state index is -2.64. The van der Waals surface area contributed by atoms with Crippen LogP contribution in [0.15, 0.2) is 0 Å². The summed E-state index contributed by atoms with van der Waals surface area (Å²) < 4.78 is 11.2. The van der Waals surface area contributed by atoms with Crippen LogP contribution in [0.2, 0.25) is 0 Å². The minimum absolute atomic E-state index is 0.245. The molecule has 2 atom stereocenters. The van der Waals surface area contributed by atoms with Gasteiger partial charge in [-0.15, -0.1) is 0 Å². The second-order valence-electron chi connectivity index (χ2n) is 4.01. The molecular formula is C9H10Cl2FNO2S. The third-order valence-electron chi connectivity index (χ3n) is 3.00. The first-order valence-electron chi connectivity index (χ1n) is 5.04. The molecule has 2 amide bonds. The molecule has 0 N–H and O–H groups in total. The number of hydrogen-bond donors (Lipinski definition) is 0. The zero-order valence-electron chi connectivity index (χ0n) is 8.29. The SMILES string of the molecule is O=C1C2CCCCC2C(=O)N1SC(F)(Cl)Cl. The quantitative estimate of drug-likeness (QED) is 0.445. The van der Waals surface area contributed by atoms with E-state index in [1.54, 1.807) is 0 Å². The fourth-order valence-electron chi connectivity index (χ4n) is 2.33. The minimum Gasteiger partial charge on any atom is -0.273 e. The first kappa shape index (κ1) is 12.5. The summed E-state index contributed by atoms with van der Waals surface area (Å²) >= 11 is 10.6. The summed E-state index contributed by atoms with van der Waals surface area (Å²) in [4.78, 5) is 23.7. The monoisotopic (exact) mass is 285 g/mol. The van der Waals surface area contributed by atoms with Crippen LogP contribution < -0.4 is 0 Å². The molecule has 1 aliphatic carbocycles. The summed E-state index contributed by atoms with van der Waals surface area (Å²) in [6.07, 6.45) is 3.24. The van der Waals surface area contributed by atoms with Crippen LogP contribution in [0.3, 0.4) is 0 Å². The molecular weight excluding hydrogens is 276 g/mol. The highest BCUT2D eigenvalue weighted by atomic mass is 35.5. The zero-order valence-corrected chi connectivity index (χ0v) is 10.6. The molecule has 2 fully saturated rings. The Morgan fingerprint density at radius 3 is 2.00 bits per heavy atom. The van der Waals surface area contributed by atoms with Gasteiger partial charge in [-0.2, -0.15) is 4.39 Å². The normalized spacial score (nSPS) is 30.8. The Bertz CT molecular complexity index is 310. The van der Waals surface area contributed by atoms with E-state index in [0.717, 1.165) is 17.1 Å². The van der Waals surface area contributed by atoms with Gasteiger partial charge in [-0.3, -0.25) is 9.59 Å². The van der Waals surface area contributed by atoms with Crippen molar-refractivity contribution in [1.82, 2.24) is 4.31 Å². The van der Waals surface area contributed by atoms with Gasteiger partial charge in [0.15, 0.2) is 0 Å². The Balaban J connectivity index is 2.15. The zero-order chi connectivity index (χ0) is 11.9. The van der Waals surface area contributed by atoms with Crippen LogP contribution in [0.25, 0.3) is 0 Å². The average Bonchev–Trinajstić information content (AvgIpc) is 2.43. The molecule has 0 aromatic rings. The number of amides is 2. The lowest BCUT2D eigenvalue weighted by Crippen LogP contribution is -2.27. The van der Waals surface area contributed by atoms with Crippen molar-refractivity contribution in [2.45, 2.75) is 29.6 Å². The number of rotatable bonds is 2. The molecule has 16 heavy (non-hydrogen) atoms. The van der Waals surface area contributed by atoms with Gasteiger partial charge in [-0.1, -0.05) is 36.0 Å². The largest absolute Gasteiger partial charge is 0.324 e. The molecule has 1 saturated heterocycles. The Morgan fingerprint density at radius 2 is 1.62 bits per heavy atom. The number of nitrogens with zero attached hydrogens (tertiary/aromatic N) is 1. The van der Waals surface area contributed by atoms with E-state index in [0.29, 0.717) is 12.8 Å². The molecule has 1 heterocycles. The van der Waals surface area contributed by atoms with E-state index in [1.807, 2.05) is 0 Å². The van der Waals surface area contributed by atoms with E-state index in [1.165, 1.54) is 0 Å². The molecule has 2 unspecified atom stereocenters. The average molecular weight is 286 g/mol. The highest BCUT2D eigenvalue weighted by Crippen LogP contribution is 2.46. The van der Waals surface area contributed by atoms with Crippen LogP contribution in [-0.4, -0.2) is 20.0 Å². The molecule has 0 aromatic heterocycles. The smallest absolute Gasteiger partial charge is 0.273 e. The van der Waals surface area contributed by atoms with Crippen molar-refractivity contribution in [3.8, 4) is 0 Å². The molecule has 0 bridgehead atoms. The van der Waals surface area contributed by atoms with Gasteiger partial charge >= 0.3 is 3.92 Å². The number of halogens is 3. The second-order valence-corrected chi connectivity index (χ2v) is 6.80. The van der Waals surface area contributed by atoms with Crippen molar-refractivity contribution in [1.29, 1.82) is 0 Å². The highest BCUT2D eigenvalue weighted by Gasteiger charge is 2.51. The first-order valence-corrected chi connectivity index (χ1v) is 6.57. The maximum absolute atomic E-state index is 13.0. The van der Waals surface area contributed by atoms with Crippen molar-refractivity contribution in [2.75, 3.05) is 0 Å². The van der Waals surface area contributed by atoms with E-state index in [9.17, 15) is 14.0 Å². The molecule has 0 radical (unpaired) electrons. The van der Waals surface area contributed by atoms with Gasteiger partial charge in [-0.25, -0.2) is 4.31 Å². The number of carbonyl (C=O) groups excluding carboxylic acids is 2. The van der Waals surface area contributed by atoms with Gasteiger partial charge < -0.3 is 0 Å². The van der Waals surface area contributed by atoms with Crippen molar-refractivity contribution >= 4 is 47.0 Å². The molecule has 90 valence electrons. The van der Waals surface area contributed by atoms with Gasteiger partial charge in [-0.05, 0) is 12.8 Å². The fourth-order valence-corrected chi connectivity index (χ4v) is 3.40. The lowest BCUT2D eigenvalue weighted by molar-refractivity contribution is -0.133. The molecule has 2 rings (SSSR count). The third kappa shape index (κ3) is 2.31. The summed E-state index contributed by atoms with van der Waals surface area (Å²) in [6, 6.07) is 0. The highest BCUT2D eigenvalue weighted by molar-refractivity contribution is 8.01. The summed E-state index contributed by atoms with van der Waals surface area (Å²) in [7, 11) is 0. The van der Waals surface area contributed by atoms with Gasteiger partial charge in [0.05, 0.1) is 11.8 Å². The van der Waals surface area contributed by atoms with Gasteiger partial charge in [0.1, 0.15) is 0 Å². The number of alkyl halides is 3. The van der Waals surface area contributed by atoms with Crippen LogP contribution in [0.4, 0.5) is 4.39 Å². The van der Waals surface area contributed by atoms with Crippen LogP contribution in [0, 0.1) is 11.8 Å². The van der Waals surface area contributed by atoms with Crippen LogP contribution in [0.5, 0.6) is 0 Å². The summed E-state index contributed by atoms with van der Waals surface area (Å²) in [5, 5.41) is 0. The summed E-state index contributed by atoms with van der Waals surface area (Å²) in [5.74, 6) is -1.32. The van der Waals surface area contributed by atoms with Gasteiger partial charge in [0.25, 0.3) is 0 Å². The molecule has 1 saturated carbocycles. The van der Waals surface area contributed by atoms with Gasteiger partial charge in [0, 0.05) is 11.9 Å². The summed E-state index contributed by atoms with van der Waals surface area (Å²) in [6.45, 7) is 0. The topological polar surface area (TPSA) is 37.4 Å². The fraction of sp³-hybridized carbons (Fsp3) is 0.778. The van der Waals surface area contributed by atoms with Crippen molar-refractivity contribution in [3.05, 3.63) is 0 Å².